The molecule has 0 bridgehead atoms. The molecule has 346 valence electrons. The Morgan fingerprint density at radius 2 is 1.02 bits per heavy atom. The minimum Gasteiger partial charge on any atom is -0.480 e. The molecule has 0 unspecified atom stereocenters. The number of carboxylic acids is 1. The highest BCUT2D eigenvalue weighted by molar-refractivity contribution is 5.98. The van der Waals surface area contributed by atoms with Crippen molar-refractivity contribution in [2.75, 3.05) is 19.6 Å². The van der Waals surface area contributed by atoms with Crippen molar-refractivity contribution in [1.29, 1.82) is 0 Å². The zero-order chi connectivity index (χ0) is 47.1. The smallest absolute Gasteiger partial charge is 0.326 e. The summed E-state index contributed by atoms with van der Waals surface area (Å²) in [6.07, 6.45) is -0.186. The lowest BCUT2D eigenvalue weighted by atomic mass is 10.0. The summed E-state index contributed by atoms with van der Waals surface area (Å²) < 4.78 is 0. The number of carboxylic acid groups (broad SMARTS) is 1. The van der Waals surface area contributed by atoms with Gasteiger partial charge in [0, 0.05) is 6.54 Å². The summed E-state index contributed by atoms with van der Waals surface area (Å²) in [4.78, 5) is 130. The van der Waals surface area contributed by atoms with Gasteiger partial charge in [0.25, 0.3) is 0 Å². The standard InChI is InChI=1S/C37H67N13O11/c1-17(2)12-23(33(57)45-20(7)30(54)44-15-27(52)43-16-28(53)47-25(36(60)61)13-18(3)4)49-31(55)21(8)46-34(58)24(14-26(38)51)50-32(56)22(10-9-11-42-37(40)41)48-35(59)29(39)19(5)6/h17-25,29H,9-16,39H2,1-8H3,(H2,38,51)(H,43,52)(H,44,54)(H,45,57)(H,46,58)(H,47,53)(H,48,59)(H,49,55)(H,50,56)(H,60,61)(H4,40,41,42)/t20-,21-,22-,23-,24-,25-,29-/m0/s1. The van der Waals surface area contributed by atoms with Gasteiger partial charge in [-0.25, -0.2) is 4.79 Å². The average molecular weight is 870 g/mol. The Morgan fingerprint density at radius 1 is 0.541 bits per heavy atom. The molecular formula is C37H67N13O11. The molecule has 0 heterocycles. The minimum absolute atomic E-state index is 0.00849. The first-order chi connectivity index (χ1) is 28.2. The van der Waals surface area contributed by atoms with Crippen molar-refractivity contribution in [2.24, 2.45) is 45.7 Å². The normalized spacial score (nSPS) is 14.4. The highest BCUT2D eigenvalue weighted by Crippen LogP contribution is 2.08. The SMILES string of the molecule is CC(C)C[C@H](NC(=O)CNC(=O)CNC(=O)[C@H](C)NC(=O)[C@H](CC(C)C)NC(=O)[C@H](C)NC(=O)[C@H](CC(N)=O)NC(=O)[C@H](CCCN=C(N)N)NC(=O)[C@@H](N)C(C)C)C(=O)O. The van der Waals surface area contributed by atoms with Crippen LogP contribution in [0.5, 0.6) is 0 Å². The molecule has 0 spiro atoms. The molecule has 61 heavy (non-hydrogen) atoms. The van der Waals surface area contributed by atoms with Gasteiger partial charge in [0.1, 0.15) is 36.3 Å². The summed E-state index contributed by atoms with van der Waals surface area (Å²) in [6, 6.07) is -8.70. The first kappa shape index (κ1) is 54.9. The second-order valence-corrected chi connectivity index (χ2v) is 15.7. The number of nitrogens with two attached hydrogens (primary N) is 4. The van der Waals surface area contributed by atoms with Crippen LogP contribution in [0.2, 0.25) is 0 Å². The maximum atomic E-state index is 13.4. The van der Waals surface area contributed by atoms with Crippen LogP contribution < -0.4 is 65.5 Å². The molecule has 0 aliphatic carbocycles. The molecule has 0 aromatic carbocycles. The fraction of sp³-hybridized carbons (Fsp3) is 0.703. The van der Waals surface area contributed by atoms with E-state index in [1.807, 2.05) is 0 Å². The second-order valence-electron chi connectivity index (χ2n) is 15.7. The van der Waals surface area contributed by atoms with Crippen LogP contribution in [-0.4, -0.2) is 132 Å². The van der Waals surface area contributed by atoms with Gasteiger partial charge in [-0.1, -0.05) is 41.5 Å². The lowest BCUT2D eigenvalue weighted by Gasteiger charge is -2.26. The molecule has 0 radical (unpaired) electrons. The Labute approximate surface area is 355 Å². The number of amides is 9. The van der Waals surface area contributed by atoms with Crippen molar-refractivity contribution < 1.29 is 53.1 Å². The summed E-state index contributed by atoms with van der Waals surface area (Å²) in [5.41, 5.74) is 22.0. The van der Waals surface area contributed by atoms with Crippen LogP contribution in [0, 0.1) is 17.8 Å². The number of nitrogens with zero attached hydrogens (tertiary/aromatic N) is 1. The van der Waals surface area contributed by atoms with Gasteiger partial charge >= 0.3 is 5.97 Å². The molecule has 9 amide bonds. The zero-order valence-electron chi connectivity index (χ0n) is 36.2. The second kappa shape index (κ2) is 27.6. The lowest BCUT2D eigenvalue weighted by Crippen LogP contribution is -2.59. The van der Waals surface area contributed by atoms with Crippen LogP contribution >= 0.6 is 0 Å². The van der Waals surface area contributed by atoms with Crippen LogP contribution in [0.1, 0.15) is 87.5 Å². The molecule has 24 heteroatoms. The summed E-state index contributed by atoms with van der Waals surface area (Å²) in [7, 11) is 0. The quantitative estimate of drug-likeness (QED) is 0.0200. The third-order valence-electron chi connectivity index (χ3n) is 8.69. The highest BCUT2D eigenvalue weighted by Gasteiger charge is 2.32. The average Bonchev–Trinajstić information content (AvgIpc) is 3.14. The molecule has 0 rings (SSSR count). The van der Waals surface area contributed by atoms with E-state index in [0.717, 1.165) is 0 Å². The van der Waals surface area contributed by atoms with E-state index < -0.39 is 121 Å². The molecule has 0 aliphatic rings. The predicted octanol–water partition coefficient (Wildman–Crippen LogP) is -4.74. The van der Waals surface area contributed by atoms with Crippen LogP contribution in [0.25, 0.3) is 0 Å². The lowest BCUT2D eigenvalue weighted by molar-refractivity contribution is -0.142. The number of nitrogens with one attached hydrogen (secondary N) is 8. The number of guanidine groups is 1. The summed E-state index contributed by atoms with van der Waals surface area (Å²) in [6.45, 7) is 12.1. The molecule has 7 atom stereocenters. The van der Waals surface area contributed by atoms with Crippen molar-refractivity contribution >= 4 is 65.1 Å². The van der Waals surface area contributed by atoms with Crippen molar-refractivity contribution in [3.05, 3.63) is 0 Å². The van der Waals surface area contributed by atoms with E-state index in [0.29, 0.717) is 0 Å². The fourth-order valence-electron chi connectivity index (χ4n) is 5.28. The number of primary amides is 1. The Morgan fingerprint density at radius 3 is 1.52 bits per heavy atom. The molecule has 0 saturated carbocycles. The molecular weight excluding hydrogens is 802 g/mol. The Balaban J connectivity index is 5.59. The van der Waals surface area contributed by atoms with E-state index >= 15 is 0 Å². The highest BCUT2D eigenvalue weighted by atomic mass is 16.4. The molecule has 0 aliphatic heterocycles. The van der Waals surface area contributed by atoms with E-state index in [-0.39, 0.29) is 55.9 Å². The first-order valence-corrected chi connectivity index (χ1v) is 19.9. The number of aliphatic carboxylic acids is 1. The number of hydrogen-bond acceptors (Lipinski definition) is 12. The van der Waals surface area contributed by atoms with Gasteiger partial charge in [-0.05, 0) is 57.3 Å². The van der Waals surface area contributed by atoms with Crippen molar-refractivity contribution in [2.45, 2.75) is 130 Å². The third kappa shape index (κ3) is 23.3. The van der Waals surface area contributed by atoms with Crippen LogP contribution in [-0.2, 0) is 47.9 Å². The predicted molar refractivity (Wildman–Crippen MR) is 222 cm³/mol. The van der Waals surface area contributed by atoms with E-state index in [2.05, 4.69) is 47.5 Å². The molecule has 0 aromatic rings. The van der Waals surface area contributed by atoms with Gasteiger partial charge in [-0.2, -0.15) is 0 Å². The number of carbonyl (C=O) groups excluding carboxylic acids is 9. The van der Waals surface area contributed by atoms with Gasteiger partial charge in [0.05, 0.1) is 25.6 Å². The maximum Gasteiger partial charge on any atom is 0.326 e. The molecule has 0 fully saturated rings. The number of carbonyl (C=O) groups is 10. The van der Waals surface area contributed by atoms with Crippen molar-refractivity contribution in [3.63, 3.8) is 0 Å². The summed E-state index contributed by atoms with van der Waals surface area (Å²) in [5.74, 6) is -9.26. The van der Waals surface area contributed by atoms with Gasteiger partial charge in [0.2, 0.25) is 53.2 Å². The first-order valence-electron chi connectivity index (χ1n) is 19.9. The summed E-state index contributed by atoms with van der Waals surface area (Å²) in [5, 5.41) is 28.4. The third-order valence-corrected chi connectivity index (χ3v) is 8.69. The summed E-state index contributed by atoms with van der Waals surface area (Å²) >= 11 is 0. The van der Waals surface area contributed by atoms with Crippen molar-refractivity contribution in [1.82, 2.24) is 42.5 Å². The number of aliphatic imine (C=N–C) groups is 1. The zero-order valence-corrected chi connectivity index (χ0v) is 36.2. The molecule has 0 saturated heterocycles. The molecule has 17 N–H and O–H groups in total. The van der Waals surface area contributed by atoms with E-state index in [1.54, 1.807) is 41.5 Å². The van der Waals surface area contributed by atoms with Crippen LogP contribution in [0.3, 0.4) is 0 Å². The Kier molecular flexibility index (Phi) is 24.9. The van der Waals surface area contributed by atoms with Gasteiger partial charge < -0.3 is 70.6 Å². The number of hydrogen-bond donors (Lipinski definition) is 13. The fourth-order valence-corrected chi connectivity index (χ4v) is 5.28. The molecule has 24 nitrogen and oxygen atoms in total. The van der Waals surface area contributed by atoms with Gasteiger partial charge in [-0.15, -0.1) is 0 Å². The van der Waals surface area contributed by atoms with Crippen molar-refractivity contribution in [3.8, 4) is 0 Å². The maximum absolute atomic E-state index is 13.4. The van der Waals surface area contributed by atoms with E-state index in [9.17, 15) is 53.1 Å². The largest absolute Gasteiger partial charge is 0.480 e. The van der Waals surface area contributed by atoms with Gasteiger partial charge in [-0.3, -0.25) is 48.1 Å². The number of rotatable bonds is 28. The van der Waals surface area contributed by atoms with Gasteiger partial charge in [0.15, 0.2) is 5.96 Å². The Hall–Kier alpha value is -6.07. The van der Waals surface area contributed by atoms with E-state index in [1.165, 1.54) is 13.8 Å². The topological polar surface area (TPSA) is 404 Å². The van der Waals surface area contributed by atoms with Crippen LogP contribution in [0.15, 0.2) is 4.99 Å². The van der Waals surface area contributed by atoms with E-state index in [4.69, 9.17) is 22.9 Å². The van der Waals surface area contributed by atoms with Crippen LogP contribution in [0.4, 0.5) is 0 Å². The Bertz CT molecular complexity index is 1580. The monoisotopic (exact) mass is 870 g/mol. The molecule has 0 aromatic heterocycles. The minimum atomic E-state index is -1.59.